The van der Waals surface area contributed by atoms with E-state index in [1.807, 2.05) is 0 Å². The molecule has 0 aromatic carbocycles. The second-order valence-corrected chi connectivity index (χ2v) is 5.31. The molecule has 0 saturated carbocycles. The van der Waals surface area contributed by atoms with Crippen LogP contribution in [-0.2, 0) is 6.42 Å². The van der Waals surface area contributed by atoms with E-state index in [-0.39, 0.29) is 0 Å². The van der Waals surface area contributed by atoms with E-state index in [2.05, 4.69) is 55.2 Å². The molecule has 1 aromatic rings. The molecule has 4 heteroatoms. The second-order valence-electron chi connectivity index (χ2n) is 5.31. The summed E-state index contributed by atoms with van der Waals surface area (Å²) < 4.78 is 0. The summed E-state index contributed by atoms with van der Waals surface area (Å²) in [6.07, 6.45) is 3.29. The van der Waals surface area contributed by atoms with E-state index in [9.17, 15) is 0 Å². The van der Waals surface area contributed by atoms with Crippen molar-refractivity contribution in [3.63, 3.8) is 0 Å². The summed E-state index contributed by atoms with van der Waals surface area (Å²) in [5.41, 5.74) is 1.11. The molecular weight excluding hydrogens is 236 g/mol. The Labute approximate surface area is 117 Å². The predicted molar refractivity (Wildman–Crippen MR) is 82.9 cm³/mol. The SMILES string of the molecule is CCNc1nc(CC)nc(NCCCC(C)C)c1C. The number of nitrogens with one attached hydrogen (secondary N) is 2. The van der Waals surface area contributed by atoms with Crippen molar-refractivity contribution in [2.45, 2.75) is 53.9 Å². The van der Waals surface area contributed by atoms with Crippen molar-refractivity contribution in [1.82, 2.24) is 9.97 Å². The highest BCUT2D eigenvalue weighted by Crippen LogP contribution is 2.20. The normalized spacial score (nSPS) is 10.8. The molecule has 0 atom stereocenters. The number of nitrogens with zero attached hydrogens (tertiary/aromatic N) is 2. The molecular formula is C15H28N4. The summed E-state index contributed by atoms with van der Waals surface area (Å²) in [4.78, 5) is 9.12. The molecule has 1 aromatic heterocycles. The van der Waals surface area contributed by atoms with Crippen molar-refractivity contribution in [2.75, 3.05) is 23.7 Å². The summed E-state index contributed by atoms with van der Waals surface area (Å²) >= 11 is 0. The Hall–Kier alpha value is -1.32. The van der Waals surface area contributed by atoms with Crippen LogP contribution >= 0.6 is 0 Å². The molecule has 0 bridgehead atoms. The average Bonchev–Trinajstić information content (AvgIpc) is 2.38. The molecule has 0 aliphatic carbocycles. The molecule has 108 valence electrons. The van der Waals surface area contributed by atoms with Gasteiger partial charge in [0.05, 0.1) is 0 Å². The molecule has 0 aliphatic heterocycles. The van der Waals surface area contributed by atoms with E-state index in [0.717, 1.165) is 48.5 Å². The van der Waals surface area contributed by atoms with Crippen LogP contribution in [-0.4, -0.2) is 23.1 Å². The summed E-state index contributed by atoms with van der Waals surface area (Å²) in [6.45, 7) is 12.6. The molecule has 0 spiro atoms. The fourth-order valence-electron chi connectivity index (χ4n) is 1.95. The lowest BCUT2D eigenvalue weighted by Gasteiger charge is -2.14. The molecule has 0 unspecified atom stereocenters. The molecule has 0 fully saturated rings. The van der Waals surface area contributed by atoms with Crippen LogP contribution < -0.4 is 10.6 Å². The zero-order chi connectivity index (χ0) is 14.3. The molecule has 0 aliphatic rings. The van der Waals surface area contributed by atoms with Crippen LogP contribution in [0.4, 0.5) is 11.6 Å². The van der Waals surface area contributed by atoms with Crippen LogP contribution in [0.3, 0.4) is 0 Å². The van der Waals surface area contributed by atoms with E-state index < -0.39 is 0 Å². The summed E-state index contributed by atoms with van der Waals surface area (Å²) in [5.74, 6) is 3.59. The number of hydrogen-bond donors (Lipinski definition) is 2. The van der Waals surface area contributed by atoms with Crippen molar-refractivity contribution in [2.24, 2.45) is 5.92 Å². The molecule has 4 nitrogen and oxygen atoms in total. The van der Waals surface area contributed by atoms with Crippen LogP contribution in [0.1, 0.15) is 51.9 Å². The van der Waals surface area contributed by atoms with E-state index in [0.29, 0.717) is 0 Å². The molecule has 19 heavy (non-hydrogen) atoms. The topological polar surface area (TPSA) is 49.8 Å². The standard InChI is InChI=1S/C15H28N4/c1-6-13-18-14(16-7-2)12(5)15(19-13)17-10-8-9-11(3)4/h11H,6-10H2,1-5H3,(H2,16,17,18,19). The molecule has 0 amide bonds. The Morgan fingerprint density at radius 2 is 1.68 bits per heavy atom. The van der Waals surface area contributed by atoms with E-state index in [1.165, 1.54) is 12.8 Å². The highest BCUT2D eigenvalue weighted by Gasteiger charge is 2.09. The van der Waals surface area contributed by atoms with Gasteiger partial charge in [0.25, 0.3) is 0 Å². The fraction of sp³-hybridized carbons (Fsp3) is 0.733. The summed E-state index contributed by atoms with van der Waals surface area (Å²) in [5, 5.41) is 6.76. The smallest absolute Gasteiger partial charge is 0.134 e. The fourth-order valence-corrected chi connectivity index (χ4v) is 1.95. The van der Waals surface area contributed by atoms with Crippen LogP contribution in [0.2, 0.25) is 0 Å². The van der Waals surface area contributed by atoms with Gasteiger partial charge in [0.1, 0.15) is 17.5 Å². The van der Waals surface area contributed by atoms with Gasteiger partial charge >= 0.3 is 0 Å². The third-order valence-corrected chi connectivity index (χ3v) is 3.10. The van der Waals surface area contributed by atoms with Gasteiger partial charge in [-0.15, -0.1) is 0 Å². The van der Waals surface area contributed by atoms with Gasteiger partial charge in [-0.3, -0.25) is 0 Å². The lowest BCUT2D eigenvalue weighted by atomic mass is 10.1. The monoisotopic (exact) mass is 264 g/mol. The van der Waals surface area contributed by atoms with Crippen molar-refractivity contribution in [3.05, 3.63) is 11.4 Å². The summed E-state index contributed by atoms with van der Waals surface area (Å²) in [7, 11) is 0. The second kappa shape index (κ2) is 7.97. The largest absolute Gasteiger partial charge is 0.370 e. The van der Waals surface area contributed by atoms with Gasteiger partial charge in [-0.2, -0.15) is 0 Å². The Morgan fingerprint density at radius 1 is 1.05 bits per heavy atom. The molecule has 2 N–H and O–H groups in total. The van der Waals surface area contributed by atoms with Crippen LogP contribution in [0.15, 0.2) is 0 Å². The Balaban J connectivity index is 2.72. The number of hydrogen-bond acceptors (Lipinski definition) is 4. The third-order valence-electron chi connectivity index (χ3n) is 3.10. The highest BCUT2D eigenvalue weighted by molar-refractivity contribution is 5.57. The zero-order valence-corrected chi connectivity index (χ0v) is 13.0. The summed E-state index contributed by atoms with van der Waals surface area (Å²) in [6, 6.07) is 0. The average molecular weight is 264 g/mol. The first kappa shape index (κ1) is 15.7. The highest BCUT2D eigenvalue weighted by atomic mass is 15.1. The van der Waals surface area contributed by atoms with Gasteiger partial charge in [-0.25, -0.2) is 9.97 Å². The van der Waals surface area contributed by atoms with E-state index >= 15 is 0 Å². The maximum Gasteiger partial charge on any atom is 0.134 e. The Morgan fingerprint density at radius 3 is 2.21 bits per heavy atom. The van der Waals surface area contributed by atoms with Crippen molar-refractivity contribution >= 4 is 11.6 Å². The zero-order valence-electron chi connectivity index (χ0n) is 13.0. The Kier molecular flexibility index (Phi) is 6.60. The van der Waals surface area contributed by atoms with Gasteiger partial charge in [-0.05, 0) is 32.6 Å². The van der Waals surface area contributed by atoms with Gasteiger partial charge in [0, 0.05) is 25.1 Å². The van der Waals surface area contributed by atoms with E-state index in [1.54, 1.807) is 0 Å². The number of anilines is 2. The molecule has 0 radical (unpaired) electrons. The molecule has 0 saturated heterocycles. The van der Waals surface area contributed by atoms with Gasteiger partial charge in [0.15, 0.2) is 0 Å². The van der Waals surface area contributed by atoms with Crippen molar-refractivity contribution < 1.29 is 0 Å². The van der Waals surface area contributed by atoms with Crippen molar-refractivity contribution in [1.29, 1.82) is 0 Å². The third kappa shape index (κ3) is 5.05. The van der Waals surface area contributed by atoms with Gasteiger partial charge in [0.2, 0.25) is 0 Å². The minimum absolute atomic E-state index is 0.761. The lowest BCUT2D eigenvalue weighted by molar-refractivity contribution is 0.566. The Bertz CT molecular complexity index is 388. The van der Waals surface area contributed by atoms with Crippen LogP contribution in [0.5, 0.6) is 0 Å². The van der Waals surface area contributed by atoms with Gasteiger partial charge in [-0.1, -0.05) is 20.8 Å². The maximum absolute atomic E-state index is 4.59. The number of aromatic nitrogens is 2. The number of aryl methyl sites for hydroxylation is 1. The number of rotatable bonds is 8. The predicted octanol–water partition coefficient (Wildman–Crippen LogP) is 3.63. The first-order valence-corrected chi connectivity index (χ1v) is 7.43. The van der Waals surface area contributed by atoms with E-state index in [4.69, 9.17) is 0 Å². The minimum atomic E-state index is 0.761. The maximum atomic E-state index is 4.59. The minimum Gasteiger partial charge on any atom is -0.370 e. The molecule has 1 rings (SSSR count). The van der Waals surface area contributed by atoms with Gasteiger partial charge < -0.3 is 10.6 Å². The van der Waals surface area contributed by atoms with Crippen molar-refractivity contribution in [3.8, 4) is 0 Å². The van der Waals surface area contributed by atoms with Crippen LogP contribution in [0, 0.1) is 12.8 Å². The quantitative estimate of drug-likeness (QED) is 0.704. The molecule has 1 heterocycles. The van der Waals surface area contributed by atoms with Crippen LogP contribution in [0.25, 0.3) is 0 Å². The lowest BCUT2D eigenvalue weighted by Crippen LogP contribution is -2.12. The first-order chi connectivity index (χ1) is 9.08. The first-order valence-electron chi connectivity index (χ1n) is 7.43.